The first-order chi connectivity index (χ1) is 13.2. The highest BCUT2D eigenvalue weighted by Gasteiger charge is 2.12. The molecule has 0 saturated carbocycles. The molecule has 0 atom stereocenters. The summed E-state index contributed by atoms with van der Waals surface area (Å²) in [6, 6.07) is 7.46. The van der Waals surface area contributed by atoms with Gasteiger partial charge in [0.15, 0.2) is 0 Å². The number of nitrogens with one attached hydrogen (secondary N) is 1. The number of methoxy groups -OCH3 is 2. The standard InChI is InChI=1S/C19H21N3O4S/c1-24-6-5-19(23)21-13-3-4-15-14(9-13)17(26-8-7-25-2)10-16(22-15)18-11-20-12-27-18/h3-4,9-12H,5-8H2,1-2H3,(H,21,23). The van der Waals surface area contributed by atoms with E-state index < -0.39 is 0 Å². The number of nitrogens with zero attached hydrogens (tertiary/aromatic N) is 2. The van der Waals surface area contributed by atoms with Crippen LogP contribution in [0.15, 0.2) is 36.0 Å². The van der Waals surface area contributed by atoms with Crippen LogP contribution in [0, 0.1) is 0 Å². The van der Waals surface area contributed by atoms with Gasteiger partial charge in [-0.25, -0.2) is 4.98 Å². The Balaban J connectivity index is 1.93. The maximum atomic E-state index is 12.0. The summed E-state index contributed by atoms with van der Waals surface area (Å²) in [6.45, 7) is 1.28. The van der Waals surface area contributed by atoms with E-state index in [9.17, 15) is 4.79 Å². The zero-order valence-corrected chi connectivity index (χ0v) is 16.0. The molecule has 1 N–H and O–H groups in total. The van der Waals surface area contributed by atoms with Gasteiger partial charge in [-0.3, -0.25) is 9.78 Å². The number of pyridine rings is 1. The summed E-state index contributed by atoms with van der Waals surface area (Å²) in [6.07, 6.45) is 2.08. The molecule has 0 radical (unpaired) electrons. The van der Waals surface area contributed by atoms with Crippen molar-refractivity contribution < 1.29 is 19.0 Å². The lowest BCUT2D eigenvalue weighted by Gasteiger charge is -2.12. The molecule has 0 bridgehead atoms. The smallest absolute Gasteiger partial charge is 0.226 e. The zero-order chi connectivity index (χ0) is 19.1. The van der Waals surface area contributed by atoms with Gasteiger partial charge in [0.05, 0.1) is 41.2 Å². The molecule has 0 aliphatic rings. The van der Waals surface area contributed by atoms with Crippen LogP contribution in [0.5, 0.6) is 5.75 Å². The number of benzene rings is 1. The van der Waals surface area contributed by atoms with Crippen LogP contribution in [-0.2, 0) is 14.3 Å². The van der Waals surface area contributed by atoms with Gasteiger partial charge in [-0.2, -0.15) is 0 Å². The predicted octanol–water partition coefficient (Wildman–Crippen LogP) is 3.36. The Hall–Kier alpha value is -2.55. The fourth-order valence-corrected chi connectivity index (χ4v) is 3.10. The van der Waals surface area contributed by atoms with Crippen molar-refractivity contribution in [3.8, 4) is 16.3 Å². The molecule has 8 heteroatoms. The minimum atomic E-state index is -0.104. The Morgan fingerprint density at radius 3 is 2.74 bits per heavy atom. The van der Waals surface area contributed by atoms with Crippen LogP contribution < -0.4 is 10.1 Å². The van der Waals surface area contributed by atoms with Gasteiger partial charge in [-0.1, -0.05) is 0 Å². The second-order valence-corrected chi connectivity index (χ2v) is 6.62. The van der Waals surface area contributed by atoms with Crippen molar-refractivity contribution in [3.05, 3.63) is 36.0 Å². The number of hydrogen-bond acceptors (Lipinski definition) is 7. The second kappa shape index (κ2) is 9.40. The van der Waals surface area contributed by atoms with E-state index in [1.807, 2.05) is 24.3 Å². The van der Waals surface area contributed by atoms with E-state index in [4.69, 9.17) is 19.2 Å². The Bertz CT molecular complexity index is 899. The molecule has 0 fully saturated rings. The Kier molecular flexibility index (Phi) is 6.69. The highest BCUT2D eigenvalue weighted by Crippen LogP contribution is 2.33. The van der Waals surface area contributed by atoms with Gasteiger partial charge >= 0.3 is 0 Å². The third-order valence-electron chi connectivity index (χ3n) is 3.82. The lowest BCUT2D eigenvalue weighted by atomic mass is 10.1. The quantitative estimate of drug-likeness (QED) is 0.567. The number of aromatic nitrogens is 2. The number of carbonyl (C=O) groups excluding carboxylic acids is 1. The average molecular weight is 387 g/mol. The van der Waals surface area contributed by atoms with Crippen molar-refractivity contribution in [2.75, 3.05) is 39.4 Å². The summed E-state index contributed by atoms with van der Waals surface area (Å²) >= 11 is 1.52. The number of ether oxygens (including phenoxy) is 3. The van der Waals surface area contributed by atoms with Gasteiger partial charge in [-0.15, -0.1) is 11.3 Å². The van der Waals surface area contributed by atoms with Gasteiger partial charge < -0.3 is 19.5 Å². The fourth-order valence-electron chi connectivity index (χ4n) is 2.51. The number of rotatable bonds is 9. The Morgan fingerprint density at radius 2 is 2.00 bits per heavy atom. The fraction of sp³-hybridized carbons (Fsp3) is 0.316. The maximum Gasteiger partial charge on any atom is 0.226 e. The molecule has 7 nitrogen and oxygen atoms in total. The Morgan fingerprint density at radius 1 is 1.15 bits per heavy atom. The van der Waals surface area contributed by atoms with E-state index in [1.54, 1.807) is 25.9 Å². The summed E-state index contributed by atoms with van der Waals surface area (Å²) in [5.41, 5.74) is 4.04. The molecule has 3 rings (SSSR count). The molecular weight excluding hydrogens is 366 g/mol. The van der Waals surface area contributed by atoms with Gasteiger partial charge in [0.25, 0.3) is 0 Å². The SMILES string of the molecule is COCCOc1cc(-c2cncs2)nc2ccc(NC(=O)CCOC)cc12. The molecule has 1 amide bonds. The summed E-state index contributed by atoms with van der Waals surface area (Å²) < 4.78 is 15.9. The number of anilines is 1. The third-order valence-corrected chi connectivity index (χ3v) is 4.61. The summed E-state index contributed by atoms with van der Waals surface area (Å²) in [4.78, 5) is 21.7. The first-order valence-electron chi connectivity index (χ1n) is 8.45. The number of amides is 1. The first-order valence-corrected chi connectivity index (χ1v) is 9.33. The number of thiazole rings is 1. The summed E-state index contributed by atoms with van der Waals surface area (Å²) in [5.74, 6) is 0.584. The summed E-state index contributed by atoms with van der Waals surface area (Å²) in [7, 11) is 3.20. The van der Waals surface area contributed by atoms with Crippen molar-refractivity contribution >= 4 is 33.8 Å². The van der Waals surface area contributed by atoms with Crippen LogP contribution in [0.3, 0.4) is 0 Å². The zero-order valence-electron chi connectivity index (χ0n) is 15.2. The Labute approximate surface area is 161 Å². The van der Waals surface area contributed by atoms with Crippen LogP contribution in [0.2, 0.25) is 0 Å². The monoisotopic (exact) mass is 387 g/mol. The highest BCUT2D eigenvalue weighted by molar-refractivity contribution is 7.13. The third kappa shape index (κ3) is 5.00. The van der Waals surface area contributed by atoms with E-state index in [-0.39, 0.29) is 5.91 Å². The van der Waals surface area contributed by atoms with E-state index in [2.05, 4.69) is 10.3 Å². The number of carbonyl (C=O) groups is 1. The van der Waals surface area contributed by atoms with E-state index in [0.717, 1.165) is 21.5 Å². The molecule has 0 unspecified atom stereocenters. The van der Waals surface area contributed by atoms with Crippen molar-refractivity contribution in [2.45, 2.75) is 6.42 Å². The van der Waals surface area contributed by atoms with Crippen molar-refractivity contribution in [3.63, 3.8) is 0 Å². The normalized spacial score (nSPS) is 10.9. The van der Waals surface area contributed by atoms with Crippen LogP contribution in [-0.4, -0.2) is 49.9 Å². The van der Waals surface area contributed by atoms with Crippen molar-refractivity contribution in [1.29, 1.82) is 0 Å². The number of fused-ring (bicyclic) bond motifs is 1. The highest BCUT2D eigenvalue weighted by atomic mass is 32.1. The van der Waals surface area contributed by atoms with Crippen molar-refractivity contribution in [1.82, 2.24) is 9.97 Å². The lowest BCUT2D eigenvalue weighted by molar-refractivity contribution is -0.117. The molecule has 142 valence electrons. The molecule has 1 aromatic carbocycles. The largest absolute Gasteiger partial charge is 0.490 e. The molecule has 2 heterocycles. The van der Waals surface area contributed by atoms with Crippen LogP contribution >= 0.6 is 11.3 Å². The van der Waals surface area contributed by atoms with E-state index in [1.165, 1.54) is 11.3 Å². The van der Waals surface area contributed by atoms with Gasteiger partial charge in [0.1, 0.15) is 12.4 Å². The first kappa shape index (κ1) is 19.2. The topological polar surface area (TPSA) is 82.6 Å². The van der Waals surface area contributed by atoms with Crippen molar-refractivity contribution in [2.24, 2.45) is 0 Å². The predicted molar refractivity (Wildman–Crippen MR) is 105 cm³/mol. The molecule has 0 spiro atoms. The molecule has 27 heavy (non-hydrogen) atoms. The van der Waals surface area contributed by atoms with Crippen LogP contribution in [0.1, 0.15) is 6.42 Å². The molecule has 3 aromatic rings. The minimum Gasteiger partial charge on any atom is -0.490 e. The van der Waals surface area contributed by atoms with E-state index in [0.29, 0.717) is 37.7 Å². The van der Waals surface area contributed by atoms with Gasteiger partial charge in [0.2, 0.25) is 5.91 Å². The molecule has 2 aromatic heterocycles. The average Bonchev–Trinajstić information content (AvgIpc) is 3.21. The van der Waals surface area contributed by atoms with Crippen LogP contribution in [0.25, 0.3) is 21.5 Å². The molecule has 0 aliphatic carbocycles. The van der Waals surface area contributed by atoms with E-state index >= 15 is 0 Å². The molecular formula is C19H21N3O4S. The summed E-state index contributed by atoms with van der Waals surface area (Å²) in [5, 5.41) is 3.69. The van der Waals surface area contributed by atoms with Gasteiger partial charge in [0, 0.05) is 37.6 Å². The number of hydrogen-bond donors (Lipinski definition) is 1. The second-order valence-electron chi connectivity index (χ2n) is 5.74. The minimum absolute atomic E-state index is 0.104. The molecule has 0 aliphatic heterocycles. The van der Waals surface area contributed by atoms with Gasteiger partial charge in [-0.05, 0) is 18.2 Å². The lowest BCUT2D eigenvalue weighted by Crippen LogP contribution is -2.13. The maximum absolute atomic E-state index is 12.0. The van der Waals surface area contributed by atoms with Crippen LogP contribution in [0.4, 0.5) is 5.69 Å². The molecule has 0 saturated heterocycles.